The van der Waals surface area contributed by atoms with Crippen molar-refractivity contribution in [1.82, 2.24) is 5.32 Å². The van der Waals surface area contributed by atoms with Crippen LogP contribution in [-0.4, -0.2) is 32.2 Å². The molecule has 2 nitrogen and oxygen atoms in total. The summed E-state index contributed by atoms with van der Waals surface area (Å²) in [6, 6.07) is 0. The van der Waals surface area contributed by atoms with Gasteiger partial charge < -0.3 is 10.1 Å². The quantitative estimate of drug-likeness (QED) is 0.664. The van der Waals surface area contributed by atoms with Gasteiger partial charge in [0, 0.05) is 7.11 Å². The Morgan fingerprint density at radius 1 is 1.42 bits per heavy atom. The van der Waals surface area contributed by atoms with Crippen LogP contribution in [0.3, 0.4) is 0 Å². The molecule has 1 atom stereocenters. The zero-order valence-electron chi connectivity index (χ0n) is 7.86. The van der Waals surface area contributed by atoms with Crippen molar-refractivity contribution < 1.29 is 13.5 Å². The zero-order chi connectivity index (χ0) is 9.61. The van der Waals surface area contributed by atoms with Gasteiger partial charge in [0.25, 0.3) is 5.92 Å². The van der Waals surface area contributed by atoms with Crippen LogP contribution < -0.4 is 5.32 Å². The normalized spacial score (nSPS) is 27.2. The summed E-state index contributed by atoms with van der Waals surface area (Å²) in [7, 11) is 1.32. The van der Waals surface area contributed by atoms with E-state index in [0.29, 0.717) is 13.0 Å². The SMILES string of the molecule is CC.COC1CCNCC1(F)F. The maximum atomic E-state index is 12.7. The van der Waals surface area contributed by atoms with Gasteiger partial charge in [-0.05, 0) is 13.0 Å². The molecule has 12 heavy (non-hydrogen) atoms. The van der Waals surface area contributed by atoms with Crippen LogP contribution in [0.15, 0.2) is 0 Å². The average Bonchev–Trinajstić information content (AvgIpc) is 2.07. The molecule has 0 aromatic rings. The van der Waals surface area contributed by atoms with Gasteiger partial charge in [0.2, 0.25) is 0 Å². The summed E-state index contributed by atoms with van der Waals surface area (Å²) in [5, 5.41) is 2.61. The standard InChI is InChI=1S/C6H11F2NO.C2H6/c1-10-5-2-3-9-4-6(5,7)8;1-2/h5,9H,2-4H2,1H3;1-2H3. The van der Waals surface area contributed by atoms with Crippen LogP contribution in [0.1, 0.15) is 20.3 Å². The largest absolute Gasteiger partial charge is 0.375 e. The highest BCUT2D eigenvalue weighted by molar-refractivity contribution is 4.84. The second-order valence-corrected chi connectivity index (χ2v) is 2.45. The third-order valence-corrected chi connectivity index (χ3v) is 1.70. The Morgan fingerprint density at radius 2 is 2.00 bits per heavy atom. The van der Waals surface area contributed by atoms with E-state index in [-0.39, 0.29) is 6.54 Å². The van der Waals surface area contributed by atoms with Gasteiger partial charge in [0.15, 0.2) is 0 Å². The topological polar surface area (TPSA) is 21.3 Å². The Kier molecular flexibility index (Phi) is 5.33. The summed E-state index contributed by atoms with van der Waals surface area (Å²) in [6.45, 7) is 4.36. The number of halogens is 2. The summed E-state index contributed by atoms with van der Waals surface area (Å²) in [5.74, 6) is -2.69. The predicted molar refractivity (Wildman–Crippen MR) is 44.6 cm³/mol. The minimum Gasteiger partial charge on any atom is -0.375 e. The first-order chi connectivity index (χ1) is 5.67. The van der Waals surface area contributed by atoms with E-state index in [2.05, 4.69) is 10.1 Å². The molecule has 1 rings (SSSR count). The van der Waals surface area contributed by atoms with Crippen LogP contribution in [0.2, 0.25) is 0 Å². The minimum absolute atomic E-state index is 0.258. The van der Waals surface area contributed by atoms with E-state index in [1.165, 1.54) is 7.11 Å². The fraction of sp³-hybridized carbons (Fsp3) is 1.00. The lowest BCUT2D eigenvalue weighted by Gasteiger charge is -2.30. The smallest absolute Gasteiger partial charge is 0.285 e. The first-order valence-electron chi connectivity index (χ1n) is 4.28. The number of piperidine rings is 1. The summed E-state index contributed by atoms with van der Waals surface area (Å²) in [5.41, 5.74) is 0. The van der Waals surface area contributed by atoms with Crippen molar-refractivity contribution in [2.24, 2.45) is 0 Å². The predicted octanol–water partition coefficient (Wildman–Crippen LogP) is 1.66. The van der Waals surface area contributed by atoms with Gasteiger partial charge in [-0.2, -0.15) is 0 Å². The number of hydrogen-bond donors (Lipinski definition) is 1. The third kappa shape index (κ3) is 3.03. The van der Waals surface area contributed by atoms with Gasteiger partial charge in [0.05, 0.1) is 6.54 Å². The molecule has 4 heteroatoms. The Bertz CT molecular complexity index is 120. The molecule has 0 bridgehead atoms. The van der Waals surface area contributed by atoms with E-state index in [1.807, 2.05) is 13.8 Å². The molecule has 0 saturated carbocycles. The van der Waals surface area contributed by atoms with Crippen molar-refractivity contribution in [1.29, 1.82) is 0 Å². The molecule has 1 fully saturated rings. The highest BCUT2D eigenvalue weighted by Crippen LogP contribution is 2.24. The Balaban J connectivity index is 0.000000561. The van der Waals surface area contributed by atoms with Crippen molar-refractivity contribution >= 4 is 0 Å². The third-order valence-electron chi connectivity index (χ3n) is 1.70. The zero-order valence-corrected chi connectivity index (χ0v) is 7.86. The number of rotatable bonds is 1. The number of alkyl halides is 2. The van der Waals surface area contributed by atoms with Gasteiger partial charge in [0.1, 0.15) is 6.10 Å². The number of ether oxygens (including phenoxy) is 1. The molecule has 0 aliphatic carbocycles. The highest BCUT2D eigenvalue weighted by atomic mass is 19.3. The Hall–Kier alpha value is -0.220. The lowest BCUT2D eigenvalue weighted by atomic mass is 10.1. The van der Waals surface area contributed by atoms with E-state index >= 15 is 0 Å². The fourth-order valence-electron chi connectivity index (χ4n) is 1.10. The molecule has 1 aliphatic heterocycles. The fourth-order valence-corrected chi connectivity index (χ4v) is 1.10. The van der Waals surface area contributed by atoms with Crippen molar-refractivity contribution in [2.45, 2.75) is 32.3 Å². The lowest BCUT2D eigenvalue weighted by Crippen LogP contribution is -2.50. The number of hydrogen-bond acceptors (Lipinski definition) is 2. The van der Waals surface area contributed by atoms with E-state index < -0.39 is 12.0 Å². The van der Waals surface area contributed by atoms with Crippen molar-refractivity contribution in [3.8, 4) is 0 Å². The van der Waals surface area contributed by atoms with E-state index in [0.717, 1.165) is 0 Å². The molecule has 1 saturated heterocycles. The molecule has 0 aromatic carbocycles. The van der Waals surface area contributed by atoms with Crippen LogP contribution in [-0.2, 0) is 4.74 Å². The maximum Gasteiger partial charge on any atom is 0.285 e. The number of methoxy groups -OCH3 is 1. The summed E-state index contributed by atoms with van der Waals surface area (Å²) in [4.78, 5) is 0. The Morgan fingerprint density at radius 3 is 2.33 bits per heavy atom. The number of nitrogens with one attached hydrogen (secondary N) is 1. The van der Waals surface area contributed by atoms with Crippen LogP contribution in [0.4, 0.5) is 8.78 Å². The van der Waals surface area contributed by atoms with E-state index in [9.17, 15) is 8.78 Å². The molecule has 0 radical (unpaired) electrons. The van der Waals surface area contributed by atoms with Crippen LogP contribution in [0.25, 0.3) is 0 Å². The molecular formula is C8H17F2NO. The summed E-state index contributed by atoms with van der Waals surface area (Å²) < 4.78 is 30.0. The van der Waals surface area contributed by atoms with E-state index in [1.54, 1.807) is 0 Å². The van der Waals surface area contributed by atoms with Crippen LogP contribution in [0.5, 0.6) is 0 Å². The highest BCUT2D eigenvalue weighted by Gasteiger charge is 2.41. The molecule has 0 aromatic heterocycles. The van der Waals surface area contributed by atoms with Crippen LogP contribution in [0, 0.1) is 0 Å². The van der Waals surface area contributed by atoms with Gasteiger partial charge in [-0.3, -0.25) is 0 Å². The first kappa shape index (κ1) is 11.8. The van der Waals surface area contributed by atoms with Gasteiger partial charge in [-0.25, -0.2) is 8.78 Å². The molecular weight excluding hydrogens is 164 g/mol. The summed E-state index contributed by atoms with van der Waals surface area (Å²) >= 11 is 0. The molecule has 0 spiro atoms. The van der Waals surface area contributed by atoms with Crippen molar-refractivity contribution in [2.75, 3.05) is 20.2 Å². The molecule has 1 aliphatic rings. The van der Waals surface area contributed by atoms with Crippen molar-refractivity contribution in [3.63, 3.8) is 0 Å². The summed E-state index contributed by atoms with van der Waals surface area (Å²) in [6.07, 6.45) is -0.502. The van der Waals surface area contributed by atoms with E-state index in [4.69, 9.17) is 0 Å². The monoisotopic (exact) mass is 181 g/mol. The molecule has 1 unspecified atom stereocenters. The van der Waals surface area contributed by atoms with Crippen molar-refractivity contribution in [3.05, 3.63) is 0 Å². The second kappa shape index (κ2) is 5.43. The lowest BCUT2D eigenvalue weighted by molar-refractivity contribution is -0.135. The first-order valence-corrected chi connectivity index (χ1v) is 4.28. The van der Waals surface area contributed by atoms with Crippen LogP contribution >= 0.6 is 0 Å². The van der Waals surface area contributed by atoms with Gasteiger partial charge >= 0.3 is 0 Å². The van der Waals surface area contributed by atoms with Gasteiger partial charge in [-0.15, -0.1) is 0 Å². The molecule has 1 N–H and O–H groups in total. The molecule has 0 amide bonds. The molecule has 74 valence electrons. The Labute approximate surface area is 72.3 Å². The average molecular weight is 181 g/mol. The maximum absolute atomic E-state index is 12.7. The minimum atomic E-state index is -2.69. The van der Waals surface area contributed by atoms with Gasteiger partial charge in [-0.1, -0.05) is 13.8 Å². The second-order valence-electron chi connectivity index (χ2n) is 2.45. The molecule has 1 heterocycles.